The number of likely N-dealkylation sites (tertiary alicyclic amines) is 1. The molecule has 0 spiro atoms. The van der Waals surface area contributed by atoms with Gasteiger partial charge in [-0.3, -0.25) is 4.79 Å². The molecule has 2 aromatic rings. The maximum Gasteiger partial charge on any atom is 0.253 e. The molecule has 0 radical (unpaired) electrons. The summed E-state index contributed by atoms with van der Waals surface area (Å²) < 4.78 is 5.89. The molecule has 0 saturated carbocycles. The van der Waals surface area contributed by atoms with Crippen molar-refractivity contribution in [1.29, 1.82) is 0 Å². The summed E-state index contributed by atoms with van der Waals surface area (Å²) in [6, 6.07) is 16.3. The van der Waals surface area contributed by atoms with E-state index in [1.54, 1.807) is 0 Å². The van der Waals surface area contributed by atoms with Crippen molar-refractivity contribution in [1.82, 2.24) is 4.90 Å². The Bertz CT molecular complexity index is 691. The molecule has 3 heteroatoms. The van der Waals surface area contributed by atoms with Crippen LogP contribution in [0.1, 0.15) is 39.9 Å². The quantitative estimate of drug-likeness (QED) is 0.811. The van der Waals surface area contributed by atoms with Crippen LogP contribution in [0.3, 0.4) is 0 Å². The molecule has 1 amide bonds. The highest BCUT2D eigenvalue weighted by Crippen LogP contribution is 2.20. The number of hydrogen-bond donors (Lipinski definition) is 0. The summed E-state index contributed by atoms with van der Waals surface area (Å²) in [7, 11) is 0. The molecule has 2 aromatic carbocycles. The van der Waals surface area contributed by atoms with E-state index >= 15 is 0 Å². The van der Waals surface area contributed by atoms with Crippen LogP contribution in [-0.2, 0) is 11.3 Å². The molecule has 3 rings (SSSR count). The predicted molar refractivity (Wildman–Crippen MR) is 101 cm³/mol. The first-order valence-electron chi connectivity index (χ1n) is 9.11. The zero-order valence-corrected chi connectivity index (χ0v) is 15.2. The lowest BCUT2D eigenvalue weighted by Gasteiger charge is -2.33. The number of aryl methyl sites for hydroxylation is 2. The molecule has 1 aliphatic heterocycles. The largest absolute Gasteiger partial charge is 0.376 e. The number of amides is 1. The van der Waals surface area contributed by atoms with E-state index in [4.69, 9.17) is 4.74 Å². The summed E-state index contributed by atoms with van der Waals surface area (Å²) in [5.41, 5.74) is 4.29. The monoisotopic (exact) mass is 337 g/mol. The molecule has 1 unspecified atom stereocenters. The van der Waals surface area contributed by atoms with Crippen molar-refractivity contribution in [3.8, 4) is 0 Å². The van der Waals surface area contributed by atoms with Crippen LogP contribution < -0.4 is 0 Å². The van der Waals surface area contributed by atoms with Gasteiger partial charge in [0.15, 0.2) is 0 Å². The van der Waals surface area contributed by atoms with E-state index in [2.05, 4.69) is 18.2 Å². The third-order valence-electron chi connectivity index (χ3n) is 4.74. The molecular formula is C22H27NO2. The maximum absolute atomic E-state index is 12.8. The highest BCUT2D eigenvalue weighted by molar-refractivity contribution is 5.94. The number of benzene rings is 2. The minimum absolute atomic E-state index is 0.152. The van der Waals surface area contributed by atoms with Gasteiger partial charge in [0, 0.05) is 18.7 Å². The third-order valence-corrected chi connectivity index (χ3v) is 4.74. The molecule has 0 N–H and O–H groups in total. The van der Waals surface area contributed by atoms with E-state index in [0.717, 1.165) is 42.6 Å². The summed E-state index contributed by atoms with van der Waals surface area (Å²) in [6.45, 7) is 7.08. The number of ether oxygens (including phenoxy) is 1. The number of nitrogens with zero attached hydrogens (tertiary/aromatic N) is 1. The second-order valence-corrected chi connectivity index (χ2v) is 7.14. The van der Waals surface area contributed by atoms with Crippen molar-refractivity contribution in [2.24, 2.45) is 5.92 Å². The van der Waals surface area contributed by atoms with Gasteiger partial charge in [0.05, 0.1) is 13.2 Å². The van der Waals surface area contributed by atoms with Crippen molar-refractivity contribution >= 4 is 5.91 Å². The van der Waals surface area contributed by atoms with Crippen molar-refractivity contribution in [2.75, 3.05) is 19.7 Å². The van der Waals surface area contributed by atoms with Crippen LogP contribution >= 0.6 is 0 Å². The minimum Gasteiger partial charge on any atom is -0.376 e. The van der Waals surface area contributed by atoms with Crippen molar-refractivity contribution in [3.05, 3.63) is 70.8 Å². The first-order valence-corrected chi connectivity index (χ1v) is 9.11. The summed E-state index contributed by atoms with van der Waals surface area (Å²) in [6.07, 6.45) is 2.18. The van der Waals surface area contributed by atoms with E-state index < -0.39 is 0 Å². The summed E-state index contributed by atoms with van der Waals surface area (Å²) >= 11 is 0. The van der Waals surface area contributed by atoms with Gasteiger partial charge in [-0.05, 0) is 50.3 Å². The topological polar surface area (TPSA) is 29.5 Å². The van der Waals surface area contributed by atoms with Gasteiger partial charge in [-0.25, -0.2) is 0 Å². The molecule has 1 aliphatic rings. The van der Waals surface area contributed by atoms with Gasteiger partial charge >= 0.3 is 0 Å². The minimum atomic E-state index is 0.152. The summed E-state index contributed by atoms with van der Waals surface area (Å²) in [4.78, 5) is 14.8. The van der Waals surface area contributed by atoms with Crippen molar-refractivity contribution in [2.45, 2.75) is 33.3 Å². The van der Waals surface area contributed by atoms with Gasteiger partial charge in [0.1, 0.15) is 0 Å². The Labute approximate surface area is 150 Å². The Morgan fingerprint density at radius 3 is 2.56 bits per heavy atom. The number of hydrogen-bond acceptors (Lipinski definition) is 2. The van der Waals surface area contributed by atoms with Crippen LogP contribution in [0.5, 0.6) is 0 Å². The second kappa shape index (κ2) is 8.30. The zero-order valence-electron chi connectivity index (χ0n) is 15.2. The normalized spacial score (nSPS) is 17.5. The highest BCUT2D eigenvalue weighted by atomic mass is 16.5. The standard InChI is InChI=1S/C22H27NO2/c1-17-11-18(2)13-21(12-17)22(24)23-10-6-9-20(14-23)16-25-15-19-7-4-3-5-8-19/h3-5,7-8,11-13,20H,6,9-10,14-16H2,1-2H3. The van der Waals surface area contributed by atoms with Crippen LogP contribution in [0.25, 0.3) is 0 Å². The van der Waals surface area contributed by atoms with Crippen LogP contribution in [0, 0.1) is 19.8 Å². The van der Waals surface area contributed by atoms with E-state index in [1.807, 2.05) is 49.1 Å². The third kappa shape index (κ3) is 4.93. The molecular weight excluding hydrogens is 310 g/mol. The van der Waals surface area contributed by atoms with E-state index in [1.165, 1.54) is 5.56 Å². The smallest absolute Gasteiger partial charge is 0.253 e. The van der Waals surface area contributed by atoms with Gasteiger partial charge < -0.3 is 9.64 Å². The van der Waals surface area contributed by atoms with Gasteiger partial charge in [-0.15, -0.1) is 0 Å². The Balaban J connectivity index is 1.54. The van der Waals surface area contributed by atoms with Crippen molar-refractivity contribution in [3.63, 3.8) is 0 Å². The number of carbonyl (C=O) groups excluding carboxylic acids is 1. The lowest BCUT2D eigenvalue weighted by Crippen LogP contribution is -2.41. The Morgan fingerprint density at radius 1 is 1.12 bits per heavy atom. The van der Waals surface area contributed by atoms with Gasteiger partial charge in [-0.1, -0.05) is 47.5 Å². The van der Waals surface area contributed by atoms with Gasteiger partial charge in [0.2, 0.25) is 0 Å². The molecule has 1 atom stereocenters. The zero-order chi connectivity index (χ0) is 17.6. The molecule has 1 heterocycles. The number of carbonyl (C=O) groups is 1. The Hall–Kier alpha value is -2.13. The molecule has 132 valence electrons. The van der Waals surface area contributed by atoms with E-state index in [0.29, 0.717) is 19.1 Å². The summed E-state index contributed by atoms with van der Waals surface area (Å²) in [5.74, 6) is 0.576. The van der Waals surface area contributed by atoms with Gasteiger partial charge in [-0.2, -0.15) is 0 Å². The highest BCUT2D eigenvalue weighted by Gasteiger charge is 2.24. The number of rotatable bonds is 5. The van der Waals surface area contributed by atoms with Crippen molar-refractivity contribution < 1.29 is 9.53 Å². The van der Waals surface area contributed by atoms with Crippen LogP contribution in [0.15, 0.2) is 48.5 Å². The molecule has 25 heavy (non-hydrogen) atoms. The molecule has 1 fully saturated rings. The molecule has 1 saturated heterocycles. The second-order valence-electron chi connectivity index (χ2n) is 7.14. The first-order chi connectivity index (χ1) is 12.1. The lowest BCUT2D eigenvalue weighted by atomic mass is 9.97. The molecule has 0 aromatic heterocycles. The van der Waals surface area contributed by atoms with Gasteiger partial charge in [0.25, 0.3) is 5.91 Å². The van der Waals surface area contributed by atoms with E-state index in [-0.39, 0.29) is 5.91 Å². The molecule has 0 aliphatic carbocycles. The predicted octanol–water partition coefficient (Wildman–Crippen LogP) is 4.37. The number of piperidine rings is 1. The fraction of sp³-hybridized carbons (Fsp3) is 0.409. The fourth-order valence-corrected chi connectivity index (χ4v) is 3.58. The summed E-state index contributed by atoms with van der Waals surface area (Å²) in [5, 5.41) is 0. The maximum atomic E-state index is 12.8. The Morgan fingerprint density at radius 2 is 1.84 bits per heavy atom. The van der Waals surface area contributed by atoms with E-state index in [9.17, 15) is 4.79 Å². The SMILES string of the molecule is Cc1cc(C)cc(C(=O)N2CCCC(COCc3ccccc3)C2)c1. The van der Waals surface area contributed by atoms with Crippen LogP contribution in [-0.4, -0.2) is 30.5 Å². The fourth-order valence-electron chi connectivity index (χ4n) is 3.58. The average Bonchev–Trinajstić information content (AvgIpc) is 2.61. The lowest BCUT2D eigenvalue weighted by molar-refractivity contribution is 0.0425. The molecule has 3 nitrogen and oxygen atoms in total. The first kappa shape index (κ1) is 17.7. The average molecular weight is 337 g/mol. The van der Waals surface area contributed by atoms with Crippen LogP contribution in [0.2, 0.25) is 0 Å². The molecule has 0 bridgehead atoms. The van der Waals surface area contributed by atoms with Crippen LogP contribution in [0.4, 0.5) is 0 Å². The Kier molecular flexibility index (Phi) is 5.87.